The predicted octanol–water partition coefficient (Wildman–Crippen LogP) is 2.03. The van der Waals surface area contributed by atoms with Gasteiger partial charge in [-0.2, -0.15) is 0 Å². The van der Waals surface area contributed by atoms with Crippen molar-refractivity contribution in [1.29, 1.82) is 0 Å². The van der Waals surface area contributed by atoms with Crippen LogP contribution in [0.3, 0.4) is 0 Å². The average Bonchev–Trinajstić information content (AvgIpc) is 2.58. The van der Waals surface area contributed by atoms with Crippen molar-refractivity contribution in [3.8, 4) is 0 Å². The second-order valence-electron chi connectivity index (χ2n) is 4.57. The maximum absolute atomic E-state index is 11.0. The van der Waals surface area contributed by atoms with Crippen molar-refractivity contribution < 1.29 is 38.5 Å². The molecule has 0 heterocycles. The zero-order chi connectivity index (χ0) is 19.5. The van der Waals surface area contributed by atoms with Crippen LogP contribution in [0.4, 0.5) is 0 Å². The maximum Gasteiger partial charge on any atom is 0.331 e. The molecule has 0 radical (unpaired) electrons. The molecule has 0 aromatic heterocycles. The van der Waals surface area contributed by atoms with Crippen LogP contribution in [0.1, 0.15) is 39.5 Å². The minimum atomic E-state index is -1.17. The molecular formula is C17H26O8. The van der Waals surface area contributed by atoms with Crippen LogP contribution in [0, 0.1) is 0 Å². The van der Waals surface area contributed by atoms with Gasteiger partial charge in [0.2, 0.25) is 0 Å². The van der Waals surface area contributed by atoms with Gasteiger partial charge in [-0.25, -0.2) is 19.2 Å². The molecule has 0 rings (SSSR count). The van der Waals surface area contributed by atoms with E-state index < -0.39 is 23.9 Å². The molecule has 0 amide bonds. The SMILES string of the molecule is CCCCOC(=O)/C=C/C(=O)OCCCC.COC(=O)/C=C\C(=O)O. The van der Waals surface area contributed by atoms with Gasteiger partial charge in [0.05, 0.1) is 20.3 Å². The van der Waals surface area contributed by atoms with Crippen LogP contribution in [-0.4, -0.2) is 49.3 Å². The van der Waals surface area contributed by atoms with Gasteiger partial charge in [-0.1, -0.05) is 26.7 Å². The summed E-state index contributed by atoms with van der Waals surface area (Å²) in [6.07, 6.45) is 7.36. The first-order valence-electron chi connectivity index (χ1n) is 7.87. The summed E-state index contributed by atoms with van der Waals surface area (Å²) in [5, 5.41) is 7.96. The smallest absolute Gasteiger partial charge is 0.331 e. The second kappa shape index (κ2) is 17.7. The number of unbranched alkanes of at least 4 members (excludes halogenated alkanes) is 2. The molecular weight excluding hydrogens is 332 g/mol. The maximum atomic E-state index is 11.0. The summed E-state index contributed by atoms with van der Waals surface area (Å²) in [4.78, 5) is 41.9. The Hall–Kier alpha value is -2.64. The molecule has 142 valence electrons. The highest BCUT2D eigenvalue weighted by Gasteiger charge is 2.00. The molecule has 25 heavy (non-hydrogen) atoms. The number of rotatable bonds is 10. The third-order valence-corrected chi connectivity index (χ3v) is 2.40. The zero-order valence-corrected chi connectivity index (χ0v) is 14.9. The summed E-state index contributed by atoms with van der Waals surface area (Å²) in [6, 6.07) is 0. The third-order valence-electron chi connectivity index (χ3n) is 2.40. The van der Waals surface area contributed by atoms with Crippen molar-refractivity contribution in [3.63, 3.8) is 0 Å². The molecule has 0 bridgehead atoms. The van der Waals surface area contributed by atoms with E-state index in [1.807, 2.05) is 13.8 Å². The molecule has 0 saturated carbocycles. The van der Waals surface area contributed by atoms with Gasteiger partial charge < -0.3 is 19.3 Å². The summed E-state index contributed by atoms with van der Waals surface area (Å²) in [7, 11) is 1.18. The average molecular weight is 358 g/mol. The molecule has 0 saturated heterocycles. The van der Waals surface area contributed by atoms with Gasteiger partial charge in [0.1, 0.15) is 0 Å². The van der Waals surface area contributed by atoms with E-state index in [0.29, 0.717) is 19.3 Å². The Kier molecular flexibility index (Phi) is 17.4. The second-order valence-corrected chi connectivity index (χ2v) is 4.57. The largest absolute Gasteiger partial charge is 0.478 e. The van der Waals surface area contributed by atoms with Gasteiger partial charge >= 0.3 is 23.9 Å². The highest BCUT2D eigenvalue weighted by Crippen LogP contribution is 1.92. The van der Waals surface area contributed by atoms with Crippen molar-refractivity contribution in [2.24, 2.45) is 0 Å². The van der Waals surface area contributed by atoms with E-state index >= 15 is 0 Å². The molecule has 0 fully saturated rings. The number of carboxylic acids is 1. The first kappa shape index (κ1) is 24.6. The number of carboxylic acid groups (broad SMARTS) is 1. The lowest BCUT2D eigenvalue weighted by Crippen LogP contribution is -2.05. The molecule has 0 aliphatic heterocycles. The normalized spacial score (nSPS) is 10.0. The number of methoxy groups -OCH3 is 1. The molecule has 0 aliphatic rings. The van der Waals surface area contributed by atoms with Gasteiger partial charge in [-0.15, -0.1) is 0 Å². The lowest BCUT2D eigenvalue weighted by Gasteiger charge is -2.00. The number of hydrogen-bond donors (Lipinski definition) is 1. The van der Waals surface area contributed by atoms with Gasteiger partial charge in [0.15, 0.2) is 0 Å². The topological polar surface area (TPSA) is 116 Å². The summed E-state index contributed by atoms with van der Waals surface area (Å²) in [6.45, 7) is 4.80. The summed E-state index contributed by atoms with van der Waals surface area (Å²) >= 11 is 0. The molecule has 8 heteroatoms. The fourth-order valence-electron chi connectivity index (χ4n) is 1.07. The van der Waals surface area contributed by atoms with Gasteiger partial charge in [-0.3, -0.25) is 0 Å². The fraction of sp³-hybridized carbons (Fsp3) is 0.529. The summed E-state index contributed by atoms with van der Waals surface area (Å²) in [5.74, 6) is -2.83. The van der Waals surface area contributed by atoms with Gasteiger partial charge in [0, 0.05) is 24.3 Å². The standard InChI is InChI=1S/C12H20O4.C5H6O4/c1-3-5-9-15-11(13)7-8-12(14)16-10-6-4-2;1-9-5(8)3-2-4(6)7/h7-8H,3-6,9-10H2,1-2H3;2-3H,1H3,(H,6,7)/b8-7+;3-2-. The first-order valence-corrected chi connectivity index (χ1v) is 7.87. The Morgan fingerprint density at radius 2 is 1.16 bits per heavy atom. The van der Waals surface area contributed by atoms with Crippen molar-refractivity contribution in [2.75, 3.05) is 20.3 Å². The monoisotopic (exact) mass is 358 g/mol. The fourth-order valence-corrected chi connectivity index (χ4v) is 1.07. The molecule has 0 atom stereocenters. The van der Waals surface area contributed by atoms with Crippen LogP contribution in [0.25, 0.3) is 0 Å². The number of hydrogen-bond acceptors (Lipinski definition) is 7. The zero-order valence-electron chi connectivity index (χ0n) is 14.9. The Morgan fingerprint density at radius 3 is 1.48 bits per heavy atom. The number of esters is 3. The van der Waals surface area contributed by atoms with E-state index in [2.05, 4.69) is 4.74 Å². The van der Waals surface area contributed by atoms with E-state index in [0.717, 1.165) is 43.9 Å². The summed E-state index contributed by atoms with van der Waals surface area (Å²) < 4.78 is 13.8. The Morgan fingerprint density at radius 1 is 0.760 bits per heavy atom. The Bertz CT molecular complexity index is 441. The molecule has 8 nitrogen and oxygen atoms in total. The minimum absolute atomic E-state index is 0.393. The van der Waals surface area contributed by atoms with E-state index in [1.54, 1.807) is 0 Å². The highest BCUT2D eigenvalue weighted by molar-refractivity contribution is 5.91. The number of carbonyl (C=O) groups is 4. The minimum Gasteiger partial charge on any atom is -0.478 e. The predicted molar refractivity (Wildman–Crippen MR) is 89.7 cm³/mol. The van der Waals surface area contributed by atoms with Crippen LogP contribution in [0.2, 0.25) is 0 Å². The molecule has 0 aromatic carbocycles. The molecule has 1 N–H and O–H groups in total. The van der Waals surface area contributed by atoms with Crippen LogP contribution >= 0.6 is 0 Å². The lowest BCUT2D eigenvalue weighted by molar-refractivity contribution is -0.140. The number of aliphatic carboxylic acids is 1. The molecule has 0 aliphatic carbocycles. The van der Waals surface area contributed by atoms with Crippen LogP contribution in [-0.2, 0) is 33.4 Å². The van der Waals surface area contributed by atoms with Crippen LogP contribution in [0.15, 0.2) is 24.3 Å². The molecule has 0 aromatic rings. The third kappa shape index (κ3) is 21.4. The quantitative estimate of drug-likeness (QED) is 0.273. The molecule has 0 spiro atoms. The summed E-state index contributed by atoms with van der Waals surface area (Å²) in [5.41, 5.74) is 0. The highest BCUT2D eigenvalue weighted by atomic mass is 16.5. The Labute approximate surface area is 147 Å². The van der Waals surface area contributed by atoms with Gasteiger partial charge in [0.25, 0.3) is 0 Å². The van der Waals surface area contributed by atoms with Crippen molar-refractivity contribution >= 4 is 23.9 Å². The van der Waals surface area contributed by atoms with Crippen molar-refractivity contribution in [2.45, 2.75) is 39.5 Å². The van der Waals surface area contributed by atoms with E-state index in [4.69, 9.17) is 14.6 Å². The van der Waals surface area contributed by atoms with Crippen LogP contribution in [0.5, 0.6) is 0 Å². The number of carbonyl (C=O) groups excluding carboxylic acids is 3. The Balaban J connectivity index is 0. The first-order chi connectivity index (χ1) is 11.9. The van der Waals surface area contributed by atoms with E-state index in [9.17, 15) is 19.2 Å². The van der Waals surface area contributed by atoms with Crippen LogP contribution < -0.4 is 0 Å². The number of ether oxygens (including phenoxy) is 3. The van der Waals surface area contributed by atoms with Crippen molar-refractivity contribution in [1.82, 2.24) is 0 Å². The van der Waals surface area contributed by atoms with E-state index in [1.165, 1.54) is 7.11 Å². The lowest BCUT2D eigenvalue weighted by atomic mass is 10.4. The van der Waals surface area contributed by atoms with Crippen molar-refractivity contribution in [3.05, 3.63) is 24.3 Å². The van der Waals surface area contributed by atoms with E-state index in [-0.39, 0.29) is 0 Å². The molecule has 0 unspecified atom stereocenters. The van der Waals surface area contributed by atoms with Gasteiger partial charge in [-0.05, 0) is 12.8 Å².